The minimum atomic E-state index is -1.07. The van der Waals surface area contributed by atoms with Gasteiger partial charge in [-0.3, -0.25) is 19.2 Å². The molecule has 1 unspecified atom stereocenters. The molecule has 7 aliphatic rings. The molecule has 0 aromatic heterocycles. The predicted molar refractivity (Wildman–Crippen MR) is 214 cm³/mol. The zero-order chi connectivity index (χ0) is 39.5. The summed E-state index contributed by atoms with van der Waals surface area (Å²) in [6.07, 6.45) is 17.5. The van der Waals surface area contributed by atoms with Gasteiger partial charge in [0.15, 0.2) is 0 Å². The summed E-state index contributed by atoms with van der Waals surface area (Å²) in [4.78, 5) is 71.3. The molecule has 1 aromatic rings. The number of nitrogens with zero attached hydrogens (tertiary/aromatic N) is 1. The SMILES string of the molecule is C=CCCC(NC(=O)[C@@H]1[C@@H]2[C@H](CN1C(=O)[C@@H](NC(=O)NC13CC4CC(CC(C4)C1)C3)C1CCCCC1)C2(C)C)C(=O)C(=O)NCC=CCOCc1ccccc1. The van der Waals surface area contributed by atoms with E-state index < -0.39 is 35.7 Å². The van der Waals surface area contributed by atoms with Crippen LogP contribution in [-0.4, -0.2) is 77.8 Å². The van der Waals surface area contributed by atoms with E-state index in [1.165, 1.54) is 19.3 Å². The van der Waals surface area contributed by atoms with E-state index in [-0.39, 0.29) is 53.6 Å². The van der Waals surface area contributed by atoms with Crippen molar-refractivity contribution >= 4 is 29.5 Å². The van der Waals surface area contributed by atoms with Crippen molar-refractivity contribution in [1.29, 1.82) is 0 Å². The second-order valence-electron chi connectivity index (χ2n) is 18.5. The number of amides is 5. The average Bonchev–Trinajstić information content (AvgIpc) is 3.46. The number of piperidine rings is 1. The number of nitrogens with one attached hydrogen (secondary N) is 4. The van der Waals surface area contributed by atoms with Crippen molar-refractivity contribution in [3.8, 4) is 0 Å². The van der Waals surface area contributed by atoms with Gasteiger partial charge in [-0.15, -0.1) is 6.58 Å². The largest absolute Gasteiger partial charge is 0.373 e. The van der Waals surface area contributed by atoms with E-state index in [0.29, 0.717) is 43.9 Å². The van der Waals surface area contributed by atoms with E-state index in [2.05, 4.69) is 41.7 Å². The standard InChI is InChI=1S/C45H63N5O6/c1-4-5-18-35(39(51)41(53)46-19-12-13-20-56-28-29-14-8-6-9-15-29)47-40(52)38-36-34(44(36,2)3)27-50(38)42(54)37(33-16-10-7-11-17-33)48-43(55)49-45-24-30-21-31(25-45)23-32(22-30)26-45/h4,6,8-9,12-15,30-38H,1,5,7,10-11,16-28H2,2-3H3,(H,46,53)(H,47,52)(H2,48,49,55)/t30?,31?,32?,34-,35?,36-,37-,38-,45?/m0/s1. The van der Waals surface area contributed by atoms with Crippen LogP contribution in [0.3, 0.4) is 0 Å². The first-order valence-electron chi connectivity index (χ1n) is 21.4. The van der Waals surface area contributed by atoms with Gasteiger partial charge >= 0.3 is 6.03 Å². The summed E-state index contributed by atoms with van der Waals surface area (Å²) in [5.74, 6) is -0.104. The number of rotatable bonds is 17. The quantitative estimate of drug-likeness (QED) is 0.0924. The van der Waals surface area contributed by atoms with Crippen LogP contribution in [0.15, 0.2) is 55.1 Å². The molecule has 1 heterocycles. The third-order valence-corrected chi connectivity index (χ3v) is 14.2. The molecule has 1 saturated heterocycles. The lowest BCUT2D eigenvalue weighted by Crippen LogP contribution is -2.64. The molecular formula is C45H63N5O6. The first-order valence-corrected chi connectivity index (χ1v) is 21.4. The Kier molecular flexibility index (Phi) is 12.4. The maximum Gasteiger partial charge on any atom is 0.315 e. The third kappa shape index (κ3) is 8.93. The monoisotopic (exact) mass is 769 g/mol. The van der Waals surface area contributed by atoms with E-state index in [4.69, 9.17) is 4.74 Å². The van der Waals surface area contributed by atoms with Crippen molar-refractivity contribution in [2.75, 3.05) is 19.7 Å². The molecule has 0 spiro atoms. The van der Waals surface area contributed by atoms with E-state index in [1.54, 1.807) is 23.1 Å². The Bertz CT molecular complexity index is 1620. The van der Waals surface area contributed by atoms with Gasteiger partial charge in [-0.2, -0.15) is 0 Å². The Labute approximate surface area is 332 Å². The van der Waals surface area contributed by atoms with Crippen molar-refractivity contribution in [3.05, 3.63) is 60.7 Å². The Morgan fingerprint density at radius 2 is 1.61 bits per heavy atom. The van der Waals surface area contributed by atoms with Crippen molar-refractivity contribution in [2.45, 2.75) is 128 Å². The Morgan fingerprint density at radius 3 is 2.27 bits per heavy atom. The zero-order valence-corrected chi connectivity index (χ0v) is 33.4. The first-order chi connectivity index (χ1) is 27.0. The maximum atomic E-state index is 14.8. The Balaban J connectivity index is 0.991. The van der Waals surface area contributed by atoms with Crippen molar-refractivity contribution in [3.63, 3.8) is 0 Å². The minimum absolute atomic E-state index is 0.0119. The van der Waals surface area contributed by atoms with Crippen LogP contribution in [0.5, 0.6) is 0 Å². The molecule has 5 amide bonds. The number of carbonyl (C=O) groups excluding carboxylic acids is 5. The van der Waals surface area contributed by atoms with Gasteiger partial charge in [0.1, 0.15) is 12.1 Å². The van der Waals surface area contributed by atoms with Gasteiger partial charge in [-0.25, -0.2) is 4.79 Å². The minimum Gasteiger partial charge on any atom is -0.373 e. The number of carbonyl (C=O) groups is 5. The summed E-state index contributed by atoms with van der Waals surface area (Å²) in [5.41, 5.74) is 0.721. The van der Waals surface area contributed by atoms with Crippen molar-refractivity contribution in [1.82, 2.24) is 26.2 Å². The first kappa shape index (κ1) is 40.2. The molecule has 11 heteroatoms. The molecular weight excluding hydrogens is 707 g/mol. The molecule has 7 fully saturated rings. The van der Waals surface area contributed by atoms with E-state index in [0.717, 1.165) is 56.9 Å². The highest BCUT2D eigenvalue weighted by atomic mass is 16.5. The fourth-order valence-electron chi connectivity index (χ4n) is 11.7. The highest BCUT2D eigenvalue weighted by Crippen LogP contribution is 2.65. The normalized spacial score (nSPS) is 30.9. The topological polar surface area (TPSA) is 146 Å². The van der Waals surface area contributed by atoms with Gasteiger partial charge in [0.05, 0.1) is 19.3 Å². The van der Waals surface area contributed by atoms with E-state index in [1.807, 2.05) is 30.3 Å². The molecule has 1 aliphatic heterocycles. The molecule has 11 nitrogen and oxygen atoms in total. The van der Waals surface area contributed by atoms with Crippen molar-refractivity contribution in [2.24, 2.45) is 40.9 Å². The molecule has 6 saturated carbocycles. The maximum absolute atomic E-state index is 14.8. The summed E-state index contributed by atoms with van der Waals surface area (Å²) < 4.78 is 5.64. The number of hydrogen-bond acceptors (Lipinski definition) is 6. The number of ketones is 1. The van der Waals surface area contributed by atoms with Gasteiger partial charge in [0.2, 0.25) is 17.6 Å². The molecule has 1 aromatic carbocycles. The molecule has 0 radical (unpaired) electrons. The molecule has 5 atom stereocenters. The van der Waals surface area contributed by atoms with E-state index in [9.17, 15) is 24.0 Å². The average molecular weight is 770 g/mol. The van der Waals surface area contributed by atoms with Crippen LogP contribution in [0.2, 0.25) is 0 Å². The summed E-state index contributed by atoms with van der Waals surface area (Å²) in [6.45, 7) is 9.40. The number of Topliss-reactive ketones (excluding diaryl/α,β-unsaturated/α-hetero) is 1. The summed E-state index contributed by atoms with van der Waals surface area (Å²) in [7, 11) is 0. The van der Waals surface area contributed by atoms with Crippen LogP contribution in [0.1, 0.15) is 103 Å². The van der Waals surface area contributed by atoms with Crippen LogP contribution in [0.25, 0.3) is 0 Å². The number of ether oxygens (including phenoxy) is 1. The fraction of sp³-hybridized carbons (Fsp3) is 0.667. The van der Waals surface area contributed by atoms with Crippen molar-refractivity contribution < 1.29 is 28.7 Å². The predicted octanol–water partition coefficient (Wildman–Crippen LogP) is 5.60. The highest BCUT2D eigenvalue weighted by molar-refractivity contribution is 6.38. The van der Waals surface area contributed by atoms with E-state index >= 15 is 0 Å². The summed E-state index contributed by atoms with van der Waals surface area (Å²) in [5, 5.41) is 12.2. The molecule has 4 N–H and O–H groups in total. The third-order valence-electron chi connectivity index (χ3n) is 14.2. The van der Waals surface area contributed by atoms with Crippen LogP contribution >= 0.6 is 0 Å². The number of hydrogen-bond donors (Lipinski definition) is 4. The number of likely N-dealkylation sites (tertiary alicyclic amines) is 1. The smallest absolute Gasteiger partial charge is 0.315 e. The van der Waals surface area contributed by atoms with Gasteiger partial charge < -0.3 is 30.9 Å². The van der Waals surface area contributed by atoms with Gasteiger partial charge in [0.25, 0.3) is 5.91 Å². The zero-order valence-electron chi connectivity index (χ0n) is 33.4. The second kappa shape index (κ2) is 17.2. The van der Waals surface area contributed by atoms with Crippen LogP contribution < -0.4 is 21.3 Å². The second-order valence-corrected chi connectivity index (χ2v) is 18.5. The molecule has 6 aliphatic carbocycles. The lowest BCUT2D eigenvalue weighted by molar-refractivity contribution is -0.144. The molecule has 4 bridgehead atoms. The Morgan fingerprint density at radius 1 is 0.929 bits per heavy atom. The van der Waals surface area contributed by atoms with Crippen LogP contribution in [0, 0.1) is 40.9 Å². The number of fused-ring (bicyclic) bond motifs is 1. The number of allylic oxidation sites excluding steroid dienone is 1. The lowest BCUT2D eigenvalue weighted by atomic mass is 9.53. The summed E-state index contributed by atoms with van der Waals surface area (Å²) >= 11 is 0. The molecule has 56 heavy (non-hydrogen) atoms. The number of benzene rings is 1. The molecule has 8 rings (SSSR count). The van der Waals surface area contributed by atoms with Gasteiger partial charge in [0, 0.05) is 18.6 Å². The fourth-order valence-corrected chi connectivity index (χ4v) is 11.7. The van der Waals surface area contributed by atoms with Crippen LogP contribution in [0.4, 0.5) is 4.79 Å². The molecule has 304 valence electrons. The Hall–Kier alpha value is -3.99. The van der Waals surface area contributed by atoms with Crippen LogP contribution in [-0.2, 0) is 30.5 Å². The highest BCUT2D eigenvalue weighted by Gasteiger charge is 2.70. The van der Waals surface area contributed by atoms with Gasteiger partial charge in [-0.05, 0) is 111 Å². The van der Waals surface area contributed by atoms with Gasteiger partial charge in [-0.1, -0.05) is 81.7 Å². The number of urea groups is 1. The summed E-state index contributed by atoms with van der Waals surface area (Å²) in [6, 6.07) is 6.95. The lowest BCUT2D eigenvalue weighted by Gasteiger charge is -2.56.